The van der Waals surface area contributed by atoms with Crippen molar-refractivity contribution in [1.29, 1.82) is 0 Å². The third-order valence-electron chi connectivity index (χ3n) is 25.0. The van der Waals surface area contributed by atoms with Crippen LogP contribution < -0.4 is 0 Å². The monoisotopic (exact) mass is 1440 g/mol. The molecular weight excluding hydrogens is 1380 g/mol. The molecule has 0 N–H and O–H groups in total. The molecule has 26 rings (SSSR count). The van der Waals surface area contributed by atoms with Crippen molar-refractivity contribution in [3.63, 3.8) is 0 Å². The second-order valence-electron chi connectivity index (χ2n) is 30.8. The number of pyridine rings is 2. The summed E-state index contributed by atoms with van der Waals surface area (Å²) in [6, 6.07) is 130. The lowest BCUT2D eigenvalue weighted by atomic mass is 9.83. The summed E-state index contributed by atoms with van der Waals surface area (Å²) in [4.78, 5) is 9.29. The highest BCUT2D eigenvalue weighted by Gasteiger charge is 2.30. The van der Waals surface area contributed by atoms with Crippen molar-refractivity contribution in [3.8, 4) is 33.6 Å². The van der Waals surface area contributed by atoms with Crippen LogP contribution in [0.25, 0.3) is 252 Å². The van der Waals surface area contributed by atoms with Crippen molar-refractivity contribution >= 4 is 219 Å². The molecule has 4 heteroatoms. The summed E-state index contributed by atoms with van der Waals surface area (Å²) < 4.78 is 4.85. The smallest absolute Gasteiger partial charge is 0.0629 e. The van der Waals surface area contributed by atoms with E-state index in [4.69, 9.17) is 0 Å². The molecule has 0 fully saturated rings. The van der Waals surface area contributed by atoms with Crippen LogP contribution >= 0.6 is 0 Å². The Balaban J connectivity index is 0.000000139. The predicted molar refractivity (Wildman–Crippen MR) is 489 cm³/mol. The van der Waals surface area contributed by atoms with E-state index in [-0.39, 0.29) is 0 Å². The fraction of sp³-hybridized carbons (Fsp3) is 0. The summed E-state index contributed by atoms with van der Waals surface area (Å²) in [6.07, 6.45) is 12.6. The van der Waals surface area contributed by atoms with Crippen LogP contribution in [0.5, 0.6) is 0 Å². The summed E-state index contributed by atoms with van der Waals surface area (Å²) >= 11 is 0. The first-order chi connectivity index (χ1) is 56.6. The Morgan fingerprint density at radius 1 is 0.184 bits per heavy atom. The summed E-state index contributed by atoms with van der Waals surface area (Å²) in [5.41, 5.74) is 16.5. The van der Waals surface area contributed by atoms with Gasteiger partial charge in [-0.2, -0.15) is 0 Å². The summed E-state index contributed by atoms with van der Waals surface area (Å²) in [7, 11) is 0. The maximum absolute atomic E-state index is 4.65. The molecule has 26 aromatic rings. The molecule has 0 aliphatic carbocycles. The minimum atomic E-state index is 0.940. The van der Waals surface area contributed by atoms with Crippen LogP contribution in [0.2, 0.25) is 0 Å². The average molecular weight is 1440 g/mol. The topological polar surface area (TPSA) is 35.6 Å². The van der Waals surface area contributed by atoms with Gasteiger partial charge in [0, 0.05) is 45.3 Å². The fourth-order valence-corrected chi connectivity index (χ4v) is 20.6. The molecule has 4 heterocycles. The number of benzene rings is 18. The molecule has 4 aromatic heterocycles. The zero-order valence-electron chi connectivity index (χ0n) is 61.7. The maximum Gasteiger partial charge on any atom is 0.0629 e. The van der Waals surface area contributed by atoms with Crippen molar-refractivity contribution in [2.24, 2.45) is 0 Å². The Labute approximate surface area is 653 Å². The molecule has 0 spiro atoms. The van der Waals surface area contributed by atoms with Crippen LogP contribution in [0.1, 0.15) is 22.5 Å². The van der Waals surface area contributed by atoms with Gasteiger partial charge in [-0.15, -0.1) is 0 Å². The van der Waals surface area contributed by atoms with Gasteiger partial charge in [0.15, 0.2) is 0 Å². The van der Waals surface area contributed by atoms with Gasteiger partial charge in [0.2, 0.25) is 0 Å². The highest BCUT2D eigenvalue weighted by atomic mass is 15.0. The molecule has 0 radical (unpaired) electrons. The first-order valence-electron chi connectivity index (χ1n) is 39.4. The van der Waals surface area contributed by atoms with Crippen molar-refractivity contribution in [3.05, 3.63) is 387 Å². The molecule has 0 aliphatic heterocycles. The Kier molecular flexibility index (Phi) is 13.3. The molecule has 0 amide bonds. The van der Waals surface area contributed by atoms with E-state index in [0.29, 0.717) is 0 Å². The molecule has 0 aliphatic rings. The number of para-hydroxylation sites is 4. The first-order valence-corrected chi connectivity index (χ1v) is 39.4. The van der Waals surface area contributed by atoms with Crippen molar-refractivity contribution in [2.45, 2.75) is 0 Å². The highest BCUT2D eigenvalue weighted by molar-refractivity contribution is 6.46. The van der Waals surface area contributed by atoms with E-state index in [1.54, 1.807) is 0 Å². The molecular formula is C110H64N4. The highest BCUT2D eigenvalue weighted by Crippen LogP contribution is 2.57. The molecule has 0 saturated heterocycles. The van der Waals surface area contributed by atoms with E-state index in [1.807, 2.05) is 36.7 Å². The van der Waals surface area contributed by atoms with Crippen LogP contribution in [-0.2, 0) is 0 Å². The molecule has 0 atom stereocenters. The van der Waals surface area contributed by atoms with Crippen LogP contribution in [-0.4, -0.2) is 19.1 Å². The Hall–Kier alpha value is -15.1. The largest absolute Gasteiger partial charge is 0.309 e. The van der Waals surface area contributed by atoms with E-state index in [9.17, 15) is 0 Å². The predicted octanol–water partition coefficient (Wildman–Crippen LogP) is 29.9. The Morgan fingerprint density at radius 3 is 1.04 bits per heavy atom. The van der Waals surface area contributed by atoms with Gasteiger partial charge in [-0.3, -0.25) is 9.97 Å². The number of rotatable bonds is 8. The number of aromatic nitrogens is 4. The third-order valence-corrected chi connectivity index (χ3v) is 25.0. The molecule has 22 aromatic carbocycles. The van der Waals surface area contributed by atoms with E-state index >= 15 is 0 Å². The van der Waals surface area contributed by atoms with Gasteiger partial charge < -0.3 is 9.13 Å². The number of nitrogens with zero attached hydrogens (tertiary/aromatic N) is 4. The fourth-order valence-electron chi connectivity index (χ4n) is 20.6. The molecule has 4 nitrogen and oxygen atoms in total. The lowest BCUT2D eigenvalue weighted by molar-refractivity contribution is 1.18. The maximum atomic E-state index is 4.65. The molecule has 0 saturated carbocycles. The Bertz CT molecular complexity index is 8560. The van der Waals surface area contributed by atoms with E-state index in [2.05, 4.69) is 371 Å². The minimum Gasteiger partial charge on any atom is -0.309 e. The van der Waals surface area contributed by atoms with Gasteiger partial charge in [-0.1, -0.05) is 267 Å². The third kappa shape index (κ3) is 8.87. The quantitative estimate of drug-likeness (QED) is 0.142. The van der Waals surface area contributed by atoms with Gasteiger partial charge in [-0.05, 0) is 293 Å². The number of hydrogen-bond donors (Lipinski definition) is 0. The van der Waals surface area contributed by atoms with Gasteiger partial charge >= 0.3 is 0 Å². The van der Waals surface area contributed by atoms with Crippen LogP contribution in [0, 0.1) is 0 Å². The summed E-state index contributed by atoms with van der Waals surface area (Å²) in [5, 5.41) is 41.3. The van der Waals surface area contributed by atoms with Crippen molar-refractivity contribution < 1.29 is 0 Å². The van der Waals surface area contributed by atoms with Gasteiger partial charge in [0.05, 0.1) is 33.5 Å². The SMILES string of the molecule is C(=C\c1c2cc3c4ccccc4c4cccc(c2c(/C=C/c2ccccn2)c2c5cccc6cccc(c12)c65)c43)/c1ccccn1.c1ccc(-n2c3ccccc3c3cc(-c4c5cc6c7ccccc7c7cccc(c5c(-c5ccc8c(c5)c5ccccc5n8-c5ccccc5)c5c8cccc9cccc(c45)c98)c76)ccc32)cc1. The first kappa shape index (κ1) is 62.8. The van der Waals surface area contributed by atoms with Crippen LogP contribution in [0.3, 0.4) is 0 Å². The lowest BCUT2D eigenvalue weighted by Gasteiger charge is -2.19. The number of hydrogen-bond acceptors (Lipinski definition) is 2. The van der Waals surface area contributed by atoms with E-state index in [0.717, 1.165) is 22.8 Å². The molecule has 114 heavy (non-hydrogen) atoms. The average Bonchev–Trinajstić information content (AvgIpc) is 1.50. The summed E-state index contributed by atoms with van der Waals surface area (Å²) in [6.45, 7) is 0. The summed E-state index contributed by atoms with van der Waals surface area (Å²) in [5.74, 6) is 0. The van der Waals surface area contributed by atoms with E-state index < -0.39 is 0 Å². The minimum absolute atomic E-state index is 0.940. The number of fused-ring (bicyclic) bond motifs is 22. The zero-order valence-corrected chi connectivity index (χ0v) is 61.7. The van der Waals surface area contributed by atoms with Gasteiger partial charge in [0.1, 0.15) is 0 Å². The lowest BCUT2D eigenvalue weighted by Crippen LogP contribution is -1.94. The second kappa shape index (κ2) is 24.2. The van der Waals surface area contributed by atoms with E-state index in [1.165, 1.54) is 228 Å². The van der Waals surface area contributed by atoms with Gasteiger partial charge in [-0.25, -0.2) is 0 Å². The van der Waals surface area contributed by atoms with Crippen molar-refractivity contribution in [1.82, 2.24) is 19.1 Å². The normalized spacial score (nSPS) is 12.5. The molecule has 0 unspecified atom stereocenters. The standard InChI is InChI=1S/C66H38N2.C44H26N2/c1-3-18-42(19-4-1)67-56-30-11-9-24-46(56)52-36-40(32-34-58(52)67)61-55-38-54-45-23-8-7-22-44(45)48-26-15-29-51(63(48)54)64(55)62(66-50-28-14-17-39-16-13-27-49(60(39)50)65(61)66)41-33-35-59-53(37-41)47-25-10-12-31-57(47)68(59)43-20-5-2-6-21-43;1-2-15-31-30(14-1)32-16-9-19-36-41(32)38(31)26-39-33(22-20-28-12-3-5-24-45-28)43-34-17-7-10-27-11-8-18-35(40(27)34)44(43)37(42(36)39)23-21-29-13-4-6-25-46-29/h1-38H;1-26H/b;22-20+,23-21+. The van der Waals surface area contributed by atoms with Crippen LogP contribution in [0.15, 0.2) is 364 Å². The Morgan fingerprint density at radius 2 is 0.544 bits per heavy atom. The van der Waals surface area contributed by atoms with Gasteiger partial charge in [0.25, 0.3) is 0 Å². The second-order valence-corrected chi connectivity index (χ2v) is 30.8. The molecule has 0 bridgehead atoms. The molecule has 524 valence electrons. The van der Waals surface area contributed by atoms with Crippen molar-refractivity contribution in [2.75, 3.05) is 0 Å². The van der Waals surface area contributed by atoms with Crippen LogP contribution in [0.4, 0.5) is 0 Å². The zero-order chi connectivity index (χ0) is 74.4.